The fourth-order valence-electron chi connectivity index (χ4n) is 6.50. The smallest absolute Gasteiger partial charge is 0.319 e. The monoisotopic (exact) mass is 590 g/mol. The van der Waals surface area contributed by atoms with Crippen molar-refractivity contribution in [2.45, 2.75) is 24.4 Å². The van der Waals surface area contributed by atoms with Crippen molar-refractivity contribution in [1.82, 2.24) is 20.2 Å². The highest BCUT2D eigenvalue weighted by molar-refractivity contribution is 6.04. The normalized spacial score (nSPS) is 20.7. The number of ether oxygens (including phenoxy) is 1. The molecule has 3 aromatic carbocycles. The van der Waals surface area contributed by atoms with Gasteiger partial charge in [-0.15, -0.1) is 6.42 Å². The molecule has 2 N–H and O–H groups in total. The van der Waals surface area contributed by atoms with Gasteiger partial charge < -0.3 is 25.0 Å². The molecule has 0 aliphatic carbocycles. The van der Waals surface area contributed by atoms with Gasteiger partial charge in [0.05, 0.1) is 23.6 Å². The Morgan fingerprint density at radius 1 is 1.16 bits per heavy atom. The van der Waals surface area contributed by atoms with E-state index in [0.29, 0.717) is 48.0 Å². The summed E-state index contributed by atoms with van der Waals surface area (Å²) in [5, 5.41) is 24.4. The summed E-state index contributed by atoms with van der Waals surface area (Å²) in [4.78, 5) is 13.5. The van der Waals surface area contributed by atoms with E-state index >= 15 is 4.39 Å². The summed E-state index contributed by atoms with van der Waals surface area (Å²) in [6.45, 7) is 2.75. The lowest BCUT2D eigenvalue weighted by Crippen LogP contribution is -2.51. The standard InChI is InChI=1S/C34H28F2N6O2/c1-2-24-28(35)8-5-21-17-23(43)18-27(29(21)24)25-6-7-26-31(30(25)36)39-33(44-20-34-10-3-14-42(34)15-4-11-34)40-32(26)41-16-13-38-22(19-41)9-12-37/h1,3-8,10,15,17-18,22,38,43H,9,11,13-14,16,19-20H2/t22-,34+/m0/s1. The molecule has 7 rings (SSSR count). The van der Waals surface area contributed by atoms with Gasteiger partial charge in [0.25, 0.3) is 0 Å². The predicted molar refractivity (Wildman–Crippen MR) is 164 cm³/mol. The first kappa shape index (κ1) is 27.6. The number of nitrogens with zero attached hydrogens (tertiary/aromatic N) is 5. The molecule has 3 aliphatic rings. The molecule has 10 heteroatoms. The van der Waals surface area contributed by atoms with Crippen LogP contribution in [0.1, 0.15) is 18.4 Å². The number of aromatic hydroxyl groups is 1. The summed E-state index contributed by atoms with van der Waals surface area (Å²) >= 11 is 0. The van der Waals surface area contributed by atoms with E-state index in [9.17, 15) is 14.8 Å². The van der Waals surface area contributed by atoms with Crippen molar-refractivity contribution in [3.8, 4) is 41.3 Å². The van der Waals surface area contributed by atoms with Crippen LogP contribution >= 0.6 is 0 Å². The van der Waals surface area contributed by atoms with Crippen LogP contribution in [0.5, 0.6) is 11.8 Å². The summed E-state index contributed by atoms with van der Waals surface area (Å²) < 4.78 is 37.8. The average molecular weight is 591 g/mol. The number of anilines is 1. The van der Waals surface area contributed by atoms with Crippen LogP contribution in [-0.2, 0) is 0 Å². The Bertz CT molecular complexity index is 1960. The van der Waals surface area contributed by atoms with Crippen LogP contribution in [0.3, 0.4) is 0 Å². The quantitative estimate of drug-likeness (QED) is 0.239. The maximum Gasteiger partial charge on any atom is 0.319 e. The molecule has 2 atom stereocenters. The number of phenolic OH excluding ortho intramolecular Hbond substituents is 1. The van der Waals surface area contributed by atoms with Gasteiger partial charge in [0.2, 0.25) is 0 Å². The Balaban J connectivity index is 1.38. The van der Waals surface area contributed by atoms with Gasteiger partial charge >= 0.3 is 6.01 Å². The van der Waals surface area contributed by atoms with Gasteiger partial charge in [-0.3, -0.25) is 0 Å². The third-order valence-electron chi connectivity index (χ3n) is 8.66. The van der Waals surface area contributed by atoms with Gasteiger partial charge in [-0.1, -0.05) is 36.3 Å². The molecule has 0 bridgehead atoms. The number of nitriles is 1. The zero-order valence-corrected chi connectivity index (χ0v) is 23.7. The molecule has 1 saturated heterocycles. The highest BCUT2D eigenvalue weighted by Gasteiger charge is 2.39. The van der Waals surface area contributed by atoms with Gasteiger partial charge in [0, 0.05) is 48.6 Å². The first-order valence-corrected chi connectivity index (χ1v) is 14.4. The van der Waals surface area contributed by atoms with E-state index in [-0.39, 0.29) is 52.2 Å². The van der Waals surface area contributed by atoms with E-state index in [0.717, 1.165) is 13.0 Å². The minimum absolute atomic E-state index is 0.0210. The summed E-state index contributed by atoms with van der Waals surface area (Å²) in [7, 11) is 0. The molecule has 1 aromatic heterocycles. The molecule has 0 radical (unpaired) electrons. The van der Waals surface area contributed by atoms with Crippen molar-refractivity contribution in [1.29, 1.82) is 5.26 Å². The average Bonchev–Trinajstić information content (AvgIpc) is 3.61. The number of fused-ring (bicyclic) bond motifs is 3. The fourth-order valence-corrected chi connectivity index (χ4v) is 6.50. The molecule has 44 heavy (non-hydrogen) atoms. The van der Waals surface area contributed by atoms with E-state index < -0.39 is 11.6 Å². The zero-order valence-electron chi connectivity index (χ0n) is 23.7. The number of nitrogens with one attached hydrogen (secondary N) is 1. The first-order valence-electron chi connectivity index (χ1n) is 14.4. The Morgan fingerprint density at radius 2 is 2.05 bits per heavy atom. The summed E-state index contributed by atoms with van der Waals surface area (Å²) in [5.74, 6) is 1.48. The van der Waals surface area contributed by atoms with Crippen LogP contribution < -0.4 is 15.0 Å². The molecule has 1 fully saturated rings. The highest BCUT2D eigenvalue weighted by Crippen LogP contribution is 2.40. The number of rotatable bonds is 6. The largest absolute Gasteiger partial charge is 0.508 e. The lowest BCUT2D eigenvalue weighted by atomic mass is 9.93. The molecule has 8 nitrogen and oxygen atoms in total. The number of piperazine rings is 1. The number of halogens is 2. The van der Waals surface area contributed by atoms with E-state index in [1.807, 2.05) is 11.1 Å². The van der Waals surface area contributed by atoms with Crippen molar-refractivity contribution in [3.63, 3.8) is 0 Å². The number of hydrogen-bond donors (Lipinski definition) is 2. The SMILES string of the molecule is C#Cc1c(F)ccc2cc(O)cc(-c3ccc4c(N5CCN[C@@H](CC#N)C5)nc(OC[C@]56C=CCN5C=CC6)nc4c3F)c12. The Kier molecular flexibility index (Phi) is 6.80. The summed E-state index contributed by atoms with van der Waals surface area (Å²) in [5.41, 5.74) is -0.000916. The van der Waals surface area contributed by atoms with Gasteiger partial charge in [0.15, 0.2) is 5.82 Å². The number of benzene rings is 3. The Labute approximate surface area is 252 Å². The lowest BCUT2D eigenvalue weighted by molar-refractivity contribution is 0.147. The van der Waals surface area contributed by atoms with Crippen LogP contribution in [0.25, 0.3) is 32.8 Å². The molecular weight excluding hydrogens is 562 g/mol. The summed E-state index contributed by atoms with van der Waals surface area (Å²) in [6.07, 6.45) is 15.1. The van der Waals surface area contributed by atoms with Crippen LogP contribution in [-0.4, -0.2) is 64.3 Å². The van der Waals surface area contributed by atoms with Gasteiger partial charge in [-0.2, -0.15) is 15.2 Å². The number of aromatic nitrogens is 2. The molecule has 3 aliphatic heterocycles. The molecule has 4 heterocycles. The maximum absolute atomic E-state index is 16.8. The van der Waals surface area contributed by atoms with E-state index in [1.165, 1.54) is 24.3 Å². The van der Waals surface area contributed by atoms with E-state index in [2.05, 4.69) is 45.4 Å². The number of phenols is 1. The van der Waals surface area contributed by atoms with E-state index in [4.69, 9.17) is 16.1 Å². The molecule has 0 saturated carbocycles. The Hall–Kier alpha value is -5.19. The van der Waals surface area contributed by atoms with Crippen LogP contribution in [0.2, 0.25) is 0 Å². The highest BCUT2D eigenvalue weighted by atomic mass is 19.1. The van der Waals surface area contributed by atoms with Gasteiger partial charge in [0.1, 0.15) is 29.5 Å². The number of terminal acetylenes is 1. The van der Waals surface area contributed by atoms with Crippen molar-refractivity contribution < 1.29 is 18.6 Å². The second kappa shape index (κ2) is 10.8. The van der Waals surface area contributed by atoms with Crippen molar-refractivity contribution in [3.05, 3.63) is 78.0 Å². The Morgan fingerprint density at radius 3 is 2.89 bits per heavy atom. The lowest BCUT2D eigenvalue weighted by Gasteiger charge is -2.34. The van der Waals surface area contributed by atoms with Crippen molar-refractivity contribution in [2.24, 2.45) is 0 Å². The van der Waals surface area contributed by atoms with Crippen LogP contribution in [0.4, 0.5) is 14.6 Å². The van der Waals surface area contributed by atoms with Gasteiger partial charge in [-0.25, -0.2) is 8.78 Å². The molecule has 0 amide bonds. The predicted octanol–water partition coefficient (Wildman–Crippen LogP) is 5.01. The second-order valence-corrected chi connectivity index (χ2v) is 11.3. The fraction of sp³-hybridized carbons (Fsp3) is 0.265. The molecule has 220 valence electrons. The third kappa shape index (κ3) is 4.55. The molecule has 4 aromatic rings. The second-order valence-electron chi connectivity index (χ2n) is 11.3. The molecular formula is C34H28F2N6O2. The molecule has 0 spiro atoms. The third-order valence-corrected chi connectivity index (χ3v) is 8.66. The summed E-state index contributed by atoms with van der Waals surface area (Å²) in [6, 6.07) is 11.0. The number of hydrogen-bond acceptors (Lipinski definition) is 8. The van der Waals surface area contributed by atoms with Gasteiger partial charge in [-0.05, 0) is 47.8 Å². The minimum Gasteiger partial charge on any atom is -0.508 e. The van der Waals surface area contributed by atoms with Crippen LogP contribution in [0.15, 0.2) is 60.8 Å². The molecule has 0 unspecified atom stereocenters. The van der Waals surface area contributed by atoms with Crippen molar-refractivity contribution >= 4 is 27.5 Å². The first-order chi connectivity index (χ1) is 21.4. The van der Waals surface area contributed by atoms with Crippen molar-refractivity contribution in [2.75, 3.05) is 37.7 Å². The topological polar surface area (TPSA) is 97.5 Å². The van der Waals surface area contributed by atoms with Crippen LogP contribution in [0, 0.1) is 35.3 Å². The maximum atomic E-state index is 16.8. The van der Waals surface area contributed by atoms with E-state index in [1.54, 1.807) is 12.1 Å². The zero-order chi connectivity index (χ0) is 30.4. The minimum atomic E-state index is -0.679.